The van der Waals surface area contributed by atoms with Gasteiger partial charge in [-0.25, -0.2) is 9.59 Å². The van der Waals surface area contributed by atoms with Crippen LogP contribution in [0.4, 0.5) is 10.5 Å². The Morgan fingerprint density at radius 2 is 1.71 bits per heavy atom. The van der Waals surface area contributed by atoms with Gasteiger partial charge >= 0.3 is 12.1 Å². The van der Waals surface area contributed by atoms with Crippen LogP contribution in [-0.4, -0.2) is 34.6 Å². The SMILES string of the molecule is CC(C)C(NC(=O)OC(C)(C)C)C(=O)c1cccc(C(=O)O)c1N. The number of carboxylic acid groups (broad SMARTS) is 1. The van der Waals surface area contributed by atoms with Gasteiger partial charge in [-0.1, -0.05) is 19.9 Å². The Labute approximate surface area is 141 Å². The van der Waals surface area contributed by atoms with Crippen LogP contribution in [0.25, 0.3) is 0 Å². The van der Waals surface area contributed by atoms with Gasteiger partial charge in [-0.05, 0) is 38.8 Å². The fourth-order valence-electron chi connectivity index (χ4n) is 2.10. The molecule has 1 aromatic rings. The number of alkyl carbamates (subject to hydrolysis) is 1. The van der Waals surface area contributed by atoms with E-state index in [1.54, 1.807) is 34.6 Å². The maximum Gasteiger partial charge on any atom is 0.408 e. The Balaban J connectivity index is 3.10. The molecule has 4 N–H and O–H groups in total. The van der Waals surface area contributed by atoms with E-state index < -0.39 is 29.5 Å². The number of para-hydroxylation sites is 1. The number of anilines is 1. The van der Waals surface area contributed by atoms with Crippen LogP contribution >= 0.6 is 0 Å². The second kappa shape index (κ2) is 7.33. The monoisotopic (exact) mass is 336 g/mol. The maximum atomic E-state index is 12.7. The molecule has 0 radical (unpaired) electrons. The average molecular weight is 336 g/mol. The van der Waals surface area contributed by atoms with Crippen LogP contribution < -0.4 is 11.1 Å². The topological polar surface area (TPSA) is 119 Å². The van der Waals surface area contributed by atoms with E-state index in [-0.39, 0.29) is 22.7 Å². The molecule has 0 saturated carbocycles. The third kappa shape index (κ3) is 4.97. The lowest BCUT2D eigenvalue weighted by molar-refractivity contribution is 0.0475. The zero-order valence-corrected chi connectivity index (χ0v) is 14.5. The Kier molecular flexibility index (Phi) is 5.95. The normalized spacial score (nSPS) is 12.6. The van der Waals surface area contributed by atoms with Gasteiger partial charge in [0, 0.05) is 5.56 Å². The summed E-state index contributed by atoms with van der Waals surface area (Å²) in [6, 6.07) is 3.32. The van der Waals surface area contributed by atoms with Gasteiger partial charge in [-0.15, -0.1) is 0 Å². The highest BCUT2D eigenvalue weighted by molar-refractivity contribution is 6.09. The summed E-state index contributed by atoms with van der Waals surface area (Å²) in [7, 11) is 0. The summed E-state index contributed by atoms with van der Waals surface area (Å²) in [4.78, 5) is 35.9. The molecule has 132 valence electrons. The molecule has 1 atom stereocenters. The molecule has 1 amide bonds. The van der Waals surface area contributed by atoms with E-state index in [9.17, 15) is 14.4 Å². The zero-order chi connectivity index (χ0) is 18.7. The third-order valence-electron chi connectivity index (χ3n) is 3.22. The van der Waals surface area contributed by atoms with E-state index >= 15 is 0 Å². The van der Waals surface area contributed by atoms with E-state index in [1.807, 2.05) is 0 Å². The largest absolute Gasteiger partial charge is 0.478 e. The van der Waals surface area contributed by atoms with Gasteiger partial charge in [0.2, 0.25) is 0 Å². The van der Waals surface area contributed by atoms with Crippen molar-refractivity contribution in [1.29, 1.82) is 0 Å². The molecule has 0 aliphatic carbocycles. The highest BCUT2D eigenvalue weighted by Gasteiger charge is 2.29. The second-order valence-corrected chi connectivity index (χ2v) is 6.80. The number of ketones is 1. The third-order valence-corrected chi connectivity index (χ3v) is 3.22. The predicted octanol–water partition coefficient (Wildman–Crippen LogP) is 2.70. The molecule has 0 aromatic heterocycles. The van der Waals surface area contributed by atoms with E-state index in [0.717, 1.165) is 0 Å². The summed E-state index contributed by atoms with van der Waals surface area (Å²) in [5, 5.41) is 11.6. The number of aromatic carboxylic acids is 1. The number of hydrogen-bond donors (Lipinski definition) is 3. The van der Waals surface area contributed by atoms with Crippen LogP contribution in [0.3, 0.4) is 0 Å². The molecule has 0 aliphatic heterocycles. The van der Waals surface area contributed by atoms with Gasteiger partial charge in [-0.3, -0.25) is 4.79 Å². The van der Waals surface area contributed by atoms with Crippen LogP contribution in [0.5, 0.6) is 0 Å². The van der Waals surface area contributed by atoms with Crippen molar-refractivity contribution in [1.82, 2.24) is 5.32 Å². The lowest BCUT2D eigenvalue weighted by atomic mass is 9.93. The maximum absolute atomic E-state index is 12.7. The van der Waals surface area contributed by atoms with Crippen molar-refractivity contribution in [2.75, 3.05) is 5.73 Å². The molecule has 0 fully saturated rings. The van der Waals surface area contributed by atoms with Gasteiger partial charge in [0.05, 0.1) is 17.3 Å². The van der Waals surface area contributed by atoms with E-state index in [4.69, 9.17) is 15.6 Å². The number of benzene rings is 1. The number of hydrogen-bond acceptors (Lipinski definition) is 5. The zero-order valence-electron chi connectivity index (χ0n) is 14.5. The molecule has 7 nitrogen and oxygen atoms in total. The van der Waals surface area contributed by atoms with E-state index in [1.165, 1.54) is 18.2 Å². The Morgan fingerprint density at radius 1 is 1.17 bits per heavy atom. The summed E-state index contributed by atoms with van der Waals surface area (Å²) in [6.07, 6.45) is -0.720. The molecule has 0 saturated heterocycles. The first-order valence-corrected chi connectivity index (χ1v) is 7.59. The Bertz CT molecular complexity index is 647. The summed E-state index contributed by atoms with van der Waals surface area (Å²) in [6.45, 7) is 8.67. The van der Waals surface area contributed by atoms with Gasteiger partial charge in [0.25, 0.3) is 0 Å². The van der Waals surface area contributed by atoms with Crippen molar-refractivity contribution >= 4 is 23.5 Å². The lowest BCUT2D eigenvalue weighted by Gasteiger charge is -2.25. The molecule has 7 heteroatoms. The fraction of sp³-hybridized carbons (Fsp3) is 0.471. The van der Waals surface area contributed by atoms with Crippen molar-refractivity contribution in [3.05, 3.63) is 29.3 Å². The fourth-order valence-corrected chi connectivity index (χ4v) is 2.10. The van der Waals surface area contributed by atoms with E-state index in [0.29, 0.717) is 0 Å². The van der Waals surface area contributed by atoms with Crippen LogP contribution in [0, 0.1) is 5.92 Å². The van der Waals surface area contributed by atoms with Crippen LogP contribution in [-0.2, 0) is 4.74 Å². The predicted molar refractivity (Wildman–Crippen MR) is 90.1 cm³/mol. The number of rotatable bonds is 5. The number of carbonyl (C=O) groups is 3. The minimum Gasteiger partial charge on any atom is -0.478 e. The first-order valence-electron chi connectivity index (χ1n) is 7.59. The number of nitrogens with two attached hydrogens (primary N) is 1. The second-order valence-electron chi connectivity index (χ2n) is 6.80. The number of amides is 1. The molecule has 24 heavy (non-hydrogen) atoms. The van der Waals surface area contributed by atoms with Crippen molar-refractivity contribution in [3.63, 3.8) is 0 Å². The highest BCUT2D eigenvalue weighted by Crippen LogP contribution is 2.21. The number of carboxylic acids is 1. The van der Waals surface area contributed by atoms with Gasteiger partial charge in [0.1, 0.15) is 5.60 Å². The molecular weight excluding hydrogens is 312 g/mol. The van der Waals surface area contributed by atoms with Gasteiger partial charge in [-0.2, -0.15) is 0 Å². The summed E-state index contributed by atoms with van der Waals surface area (Å²) < 4.78 is 5.17. The van der Waals surface area contributed by atoms with E-state index in [2.05, 4.69) is 5.32 Å². The molecule has 0 heterocycles. The van der Waals surface area contributed by atoms with Gasteiger partial charge < -0.3 is 20.9 Å². The standard InChI is InChI=1S/C17H24N2O5/c1-9(2)13(19-16(23)24-17(3,4)5)14(20)10-7-6-8-11(12(10)18)15(21)22/h6-9,13H,18H2,1-5H3,(H,19,23)(H,21,22). The quantitative estimate of drug-likeness (QED) is 0.562. The van der Waals surface area contributed by atoms with Crippen molar-refractivity contribution in [2.24, 2.45) is 5.92 Å². The molecular formula is C17H24N2O5. The highest BCUT2D eigenvalue weighted by atomic mass is 16.6. The van der Waals surface area contributed by atoms with Crippen LogP contribution in [0.15, 0.2) is 18.2 Å². The number of ether oxygens (including phenoxy) is 1. The molecule has 1 aromatic carbocycles. The van der Waals surface area contributed by atoms with Crippen LogP contribution in [0.1, 0.15) is 55.3 Å². The minimum absolute atomic E-state index is 0.0599. The van der Waals surface area contributed by atoms with Crippen molar-refractivity contribution < 1.29 is 24.2 Å². The first-order chi connectivity index (χ1) is 10.9. The average Bonchev–Trinajstić information content (AvgIpc) is 2.41. The number of Topliss-reactive ketones (excluding diaryl/α,β-unsaturated/α-hetero) is 1. The lowest BCUT2D eigenvalue weighted by Crippen LogP contribution is -2.46. The number of carbonyl (C=O) groups excluding carboxylic acids is 2. The number of nitrogen functional groups attached to an aromatic ring is 1. The van der Waals surface area contributed by atoms with Crippen molar-refractivity contribution in [3.8, 4) is 0 Å². The smallest absolute Gasteiger partial charge is 0.408 e. The minimum atomic E-state index is -1.22. The summed E-state index contributed by atoms with van der Waals surface area (Å²) in [5.41, 5.74) is 4.90. The Morgan fingerprint density at radius 3 is 2.17 bits per heavy atom. The number of nitrogens with one attached hydrogen (secondary N) is 1. The van der Waals surface area contributed by atoms with Crippen LogP contribution in [0.2, 0.25) is 0 Å². The molecule has 1 unspecified atom stereocenters. The summed E-state index contributed by atoms with van der Waals surface area (Å²) >= 11 is 0. The van der Waals surface area contributed by atoms with Crippen molar-refractivity contribution in [2.45, 2.75) is 46.3 Å². The molecule has 0 spiro atoms. The molecule has 0 aliphatic rings. The summed E-state index contributed by atoms with van der Waals surface area (Å²) in [5.74, 6) is -1.92. The Hall–Kier alpha value is -2.57. The molecule has 1 rings (SSSR count). The van der Waals surface area contributed by atoms with Gasteiger partial charge in [0.15, 0.2) is 5.78 Å². The first kappa shape index (κ1) is 19.5. The molecule has 0 bridgehead atoms.